The Morgan fingerprint density at radius 1 is 1.67 bits per heavy atom. The second kappa shape index (κ2) is 6.44. The largest absolute Gasteiger partial charge is 0.372 e. The Bertz CT molecular complexity index is 274. The standard InChI is InChI=1S/C10H17N3O2/c1-3-15-13(2)10(14)9-5-4-7-11-12-8-6-9/h4,6-7,10,14H,3,5,8H2,1-2H3/b7-4?,9-6+,12-11-. The zero-order valence-electron chi connectivity index (χ0n) is 9.13. The minimum atomic E-state index is -0.720. The third kappa shape index (κ3) is 3.91. The highest BCUT2D eigenvalue weighted by atomic mass is 16.7. The minimum absolute atomic E-state index is 0.497. The number of rotatable bonds is 4. The van der Waals surface area contributed by atoms with E-state index in [1.165, 1.54) is 5.06 Å². The van der Waals surface area contributed by atoms with E-state index in [9.17, 15) is 5.11 Å². The van der Waals surface area contributed by atoms with Gasteiger partial charge in [0.25, 0.3) is 0 Å². The van der Waals surface area contributed by atoms with Crippen LogP contribution in [0.25, 0.3) is 0 Å². The lowest BCUT2D eigenvalue weighted by atomic mass is 10.1. The maximum absolute atomic E-state index is 9.92. The molecule has 0 spiro atoms. The van der Waals surface area contributed by atoms with Crippen LogP contribution < -0.4 is 0 Å². The van der Waals surface area contributed by atoms with E-state index in [1.807, 2.05) is 19.1 Å². The summed E-state index contributed by atoms with van der Waals surface area (Å²) in [4.78, 5) is 5.19. The molecule has 0 aliphatic carbocycles. The average Bonchev–Trinajstić information content (AvgIpc) is 2.16. The molecular weight excluding hydrogens is 194 g/mol. The summed E-state index contributed by atoms with van der Waals surface area (Å²) in [5.74, 6) is 0. The molecule has 1 rings (SSSR count). The quantitative estimate of drug-likeness (QED) is 0.435. The molecule has 1 atom stereocenters. The van der Waals surface area contributed by atoms with E-state index in [1.54, 1.807) is 13.2 Å². The van der Waals surface area contributed by atoms with Crippen LogP contribution in [0.15, 0.2) is 34.2 Å². The Morgan fingerprint density at radius 3 is 3.20 bits per heavy atom. The Hall–Kier alpha value is -1.04. The number of allylic oxidation sites excluding steroid dienone is 1. The van der Waals surface area contributed by atoms with Crippen molar-refractivity contribution in [3.05, 3.63) is 23.9 Å². The van der Waals surface area contributed by atoms with E-state index in [0.29, 0.717) is 19.6 Å². The molecule has 5 nitrogen and oxygen atoms in total. The summed E-state index contributed by atoms with van der Waals surface area (Å²) in [5.41, 5.74) is 0.876. The fraction of sp³-hybridized carbons (Fsp3) is 0.600. The second-order valence-electron chi connectivity index (χ2n) is 3.15. The molecule has 0 aromatic rings. The highest BCUT2D eigenvalue weighted by Gasteiger charge is 2.15. The Morgan fingerprint density at radius 2 is 2.47 bits per heavy atom. The number of hydrogen-bond acceptors (Lipinski definition) is 5. The van der Waals surface area contributed by atoms with Crippen LogP contribution in [0, 0.1) is 0 Å². The summed E-state index contributed by atoms with van der Waals surface area (Å²) in [5, 5.41) is 19.0. The fourth-order valence-electron chi connectivity index (χ4n) is 1.29. The molecule has 0 aromatic heterocycles. The maximum atomic E-state index is 9.92. The SMILES string of the molecule is CCON(C)C(O)/C1=C/C/N=N\C=CC1. The summed E-state index contributed by atoms with van der Waals surface area (Å²) < 4.78 is 0. The molecule has 15 heavy (non-hydrogen) atoms. The van der Waals surface area contributed by atoms with Gasteiger partial charge in [-0.15, -0.1) is 0 Å². The molecule has 0 saturated heterocycles. The Labute approximate surface area is 89.7 Å². The first-order chi connectivity index (χ1) is 7.25. The van der Waals surface area contributed by atoms with E-state index in [0.717, 1.165) is 5.57 Å². The van der Waals surface area contributed by atoms with Crippen LogP contribution in [0.5, 0.6) is 0 Å². The van der Waals surface area contributed by atoms with E-state index in [4.69, 9.17) is 4.84 Å². The molecule has 0 radical (unpaired) electrons. The van der Waals surface area contributed by atoms with Crippen molar-refractivity contribution < 1.29 is 9.94 Å². The van der Waals surface area contributed by atoms with Gasteiger partial charge < -0.3 is 5.11 Å². The number of aliphatic hydroxyl groups is 1. The average molecular weight is 211 g/mol. The van der Waals surface area contributed by atoms with E-state index in [-0.39, 0.29) is 0 Å². The summed E-state index contributed by atoms with van der Waals surface area (Å²) in [6.45, 7) is 2.91. The number of azo groups is 1. The van der Waals surface area contributed by atoms with Crippen molar-refractivity contribution in [2.24, 2.45) is 10.2 Å². The zero-order chi connectivity index (χ0) is 11.1. The third-order valence-corrected chi connectivity index (χ3v) is 2.05. The Kier molecular flexibility index (Phi) is 5.17. The van der Waals surface area contributed by atoms with Crippen molar-refractivity contribution >= 4 is 0 Å². The monoisotopic (exact) mass is 211 g/mol. The molecule has 1 aliphatic rings. The third-order valence-electron chi connectivity index (χ3n) is 2.05. The first-order valence-electron chi connectivity index (χ1n) is 5.00. The van der Waals surface area contributed by atoms with E-state index >= 15 is 0 Å². The number of hydrogen-bond donors (Lipinski definition) is 1. The topological polar surface area (TPSA) is 57.4 Å². The maximum Gasteiger partial charge on any atom is 0.151 e. The first kappa shape index (κ1) is 12.0. The molecule has 0 aromatic carbocycles. The number of aliphatic hydroxyl groups excluding tert-OH is 1. The minimum Gasteiger partial charge on any atom is -0.372 e. The van der Waals surface area contributed by atoms with Crippen LogP contribution in [0.4, 0.5) is 0 Å². The van der Waals surface area contributed by atoms with Gasteiger partial charge in [0.1, 0.15) is 0 Å². The van der Waals surface area contributed by atoms with Crippen LogP contribution in [-0.2, 0) is 4.84 Å². The first-order valence-corrected chi connectivity index (χ1v) is 5.00. The van der Waals surface area contributed by atoms with Gasteiger partial charge in [-0.1, -0.05) is 12.2 Å². The zero-order valence-corrected chi connectivity index (χ0v) is 9.13. The number of nitrogens with zero attached hydrogens (tertiary/aromatic N) is 3. The lowest BCUT2D eigenvalue weighted by molar-refractivity contribution is -0.206. The van der Waals surface area contributed by atoms with Crippen LogP contribution >= 0.6 is 0 Å². The lowest BCUT2D eigenvalue weighted by Crippen LogP contribution is -2.33. The van der Waals surface area contributed by atoms with Crippen LogP contribution in [0.2, 0.25) is 0 Å². The van der Waals surface area contributed by atoms with Gasteiger partial charge in [-0.05, 0) is 18.9 Å². The molecule has 1 N–H and O–H groups in total. The van der Waals surface area contributed by atoms with Crippen molar-refractivity contribution in [3.63, 3.8) is 0 Å². The summed E-state index contributed by atoms with van der Waals surface area (Å²) in [7, 11) is 1.71. The molecule has 0 fully saturated rings. The van der Waals surface area contributed by atoms with Crippen LogP contribution in [-0.4, -0.2) is 36.6 Å². The van der Waals surface area contributed by atoms with Gasteiger partial charge in [0, 0.05) is 13.2 Å². The summed E-state index contributed by atoms with van der Waals surface area (Å²) in [6, 6.07) is 0. The van der Waals surface area contributed by atoms with Crippen LogP contribution in [0.3, 0.4) is 0 Å². The van der Waals surface area contributed by atoms with Crippen molar-refractivity contribution in [3.8, 4) is 0 Å². The van der Waals surface area contributed by atoms with Gasteiger partial charge >= 0.3 is 0 Å². The van der Waals surface area contributed by atoms with Gasteiger partial charge in [0.05, 0.1) is 13.2 Å². The second-order valence-corrected chi connectivity index (χ2v) is 3.15. The van der Waals surface area contributed by atoms with E-state index < -0.39 is 6.23 Å². The predicted molar refractivity (Wildman–Crippen MR) is 57.0 cm³/mol. The fourth-order valence-corrected chi connectivity index (χ4v) is 1.29. The van der Waals surface area contributed by atoms with Gasteiger partial charge in [-0.2, -0.15) is 15.3 Å². The molecule has 0 bridgehead atoms. The molecule has 1 aliphatic heterocycles. The molecule has 1 heterocycles. The highest BCUT2D eigenvalue weighted by Crippen LogP contribution is 2.13. The summed E-state index contributed by atoms with van der Waals surface area (Å²) in [6.07, 6.45) is 5.31. The molecule has 0 amide bonds. The van der Waals surface area contributed by atoms with Crippen LogP contribution in [0.1, 0.15) is 13.3 Å². The van der Waals surface area contributed by atoms with Crippen molar-refractivity contribution in [2.75, 3.05) is 20.2 Å². The number of likely N-dealkylation sites (N-methyl/N-ethyl adjacent to an activating group) is 1. The van der Waals surface area contributed by atoms with Crippen molar-refractivity contribution in [2.45, 2.75) is 19.6 Å². The van der Waals surface area contributed by atoms with Gasteiger partial charge in [-0.3, -0.25) is 4.84 Å². The molecule has 84 valence electrons. The van der Waals surface area contributed by atoms with Crippen molar-refractivity contribution in [1.82, 2.24) is 5.06 Å². The predicted octanol–water partition coefficient (Wildman–Crippen LogP) is 1.48. The Balaban J connectivity index is 2.60. The molecule has 1 unspecified atom stereocenters. The van der Waals surface area contributed by atoms with Gasteiger partial charge in [-0.25, -0.2) is 0 Å². The molecule has 5 heteroatoms. The molecule has 0 saturated carbocycles. The van der Waals surface area contributed by atoms with Crippen molar-refractivity contribution in [1.29, 1.82) is 0 Å². The smallest absolute Gasteiger partial charge is 0.151 e. The summed E-state index contributed by atoms with van der Waals surface area (Å²) >= 11 is 0. The van der Waals surface area contributed by atoms with E-state index in [2.05, 4.69) is 10.2 Å². The van der Waals surface area contributed by atoms with Gasteiger partial charge in [0.15, 0.2) is 6.23 Å². The number of hydroxylamine groups is 2. The lowest BCUT2D eigenvalue weighted by Gasteiger charge is -2.24. The van der Waals surface area contributed by atoms with Gasteiger partial charge in [0.2, 0.25) is 0 Å². The normalized spacial score (nSPS) is 24.1. The molecular formula is C10H17N3O2. The highest BCUT2D eigenvalue weighted by molar-refractivity contribution is 5.12.